The molecule has 0 bridgehead atoms. The minimum absolute atomic E-state index is 0.0566. The van der Waals surface area contributed by atoms with Crippen molar-refractivity contribution in [3.8, 4) is 0 Å². The van der Waals surface area contributed by atoms with Crippen molar-refractivity contribution in [3.05, 3.63) is 59.4 Å². The molecule has 3 aliphatic rings. The van der Waals surface area contributed by atoms with E-state index in [1.165, 1.54) is 31.5 Å². The molecule has 0 aromatic rings. The third-order valence-electron chi connectivity index (χ3n) is 5.85. The summed E-state index contributed by atoms with van der Waals surface area (Å²) < 4.78 is 6.03. The number of allylic oxidation sites excluding steroid dienone is 4. The van der Waals surface area contributed by atoms with Crippen molar-refractivity contribution in [2.24, 2.45) is 11.7 Å². The van der Waals surface area contributed by atoms with E-state index in [0.29, 0.717) is 6.61 Å². The molecule has 2 unspecified atom stereocenters. The summed E-state index contributed by atoms with van der Waals surface area (Å²) >= 11 is 0. The van der Waals surface area contributed by atoms with Gasteiger partial charge < -0.3 is 20.5 Å². The van der Waals surface area contributed by atoms with Crippen LogP contribution in [0.4, 0.5) is 0 Å². The molecule has 4 nitrogen and oxygen atoms in total. The van der Waals surface area contributed by atoms with Crippen molar-refractivity contribution in [3.63, 3.8) is 0 Å². The van der Waals surface area contributed by atoms with Crippen LogP contribution in [-0.4, -0.2) is 47.9 Å². The van der Waals surface area contributed by atoms with Crippen molar-refractivity contribution in [2.45, 2.75) is 51.2 Å². The van der Waals surface area contributed by atoms with E-state index in [9.17, 15) is 5.11 Å². The number of nitrogens with zero attached hydrogens (tertiary/aromatic N) is 1. The standard InChI is InChI=1S/C23H34N2O2/c1-4-8-19-18(9-7-14-25-12-5-6-13-25)20-15-17(23(2,3)26)10-11-22(20)27-16-21(19)24/h4,8-11,17,21,26H,1,5-7,12-16,24H2,2-3H3/b18-9+,19-8-. The Morgan fingerprint density at radius 3 is 2.78 bits per heavy atom. The molecular weight excluding hydrogens is 336 g/mol. The summed E-state index contributed by atoms with van der Waals surface area (Å²) in [6, 6.07) is -0.180. The van der Waals surface area contributed by atoms with Crippen LogP contribution in [0.2, 0.25) is 0 Å². The fourth-order valence-corrected chi connectivity index (χ4v) is 4.18. The summed E-state index contributed by atoms with van der Waals surface area (Å²) in [7, 11) is 0. The molecule has 0 aromatic carbocycles. The Hall–Kier alpha value is -1.62. The Kier molecular flexibility index (Phi) is 6.40. The van der Waals surface area contributed by atoms with Gasteiger partial charge in [-0.3, -0.25) is 0 Å². The fraction of sp³-hybridized carbons (Fsp3) is 0.565. The van der Waals surface area contributed by atoms with Crippen LogP contribution < -0.4 is 5.73 Å². The van der Waals surface area contributed by atoms with Gasteiger partial charge in [-0.05, 0) is 69.8 Å². The number of nitrogens with two attached hydrogens (primary N) is 1. The topological polar surface area (TPSA) is 58.7 Å². The number of hydrogen-bond acceptors (Lipinski definition) is 4. The molecule has 0 saturated carbocycles. The predicted molar refractivity (Wildman–Crippen MR) is 111 cm³/mol. The van der Waals surface area contributed by atoms with E-state index in [1.807, 2.05) is 26.0 Å². The molecule has 1 saturated heterocycles. The maximum absolute atomic E-state index is 10.5. The van der Waals surface area contributed by atoms with Crippen molar-refractivity contribution < 1.29 is 9.84 Å². The zero-order valence-electron chi connectivity index (χ0n) is 16.8. The molecule has 27 heavy (non-hydrogen) atoms. The molecule has 1 fully saturated rings. The van der Waals surface area contributed by atoms with Crippen LogP contribution in [0.3, 0.4) is 0 Å². The van der Waals surface area contributed by atoms with Gasteiger partial charge in [0.1, 0.15) is 12.4 Å². The maximum atomic E-state index is 10.5. The molecule has 0 spiro atoms. The summed E-state index contributed by atoms with van der Waals surface area (Å²) in [6.45, 7) is 11.6. The van der Waals surface area contributed by atoms with Gasteiger partial charge in [-0.1, -0.05) is 30.9 Å². The Labute approximate surface area is 163 Å². The van der Waals surface area contributed by atoms with Crippen molar-refractivity contribution in [1.29, 1.82) is 0 Å². The highest BCUT2D eigenvalue weighted by Crippen LogP contribution is 2.39. The first kappa shape index (κ1) is 20.1. The minimum atomic E-state index is -0.771. The average molecular weight is 371 g/mol. The van der Waals surface area contributed by atoms with Gasteiger partial charge >= 0.3 is 0 Å². The highest BCUT2D eigenvalue weighted by atomic mass is 16.5. The summed E-state index contributed by atoms with van der Waals surface area (Å²) in [5.41, 5.74) is 9.08. The molecule has 2 aliphatic heterocycles. The van der Waals surface area contributed by atoms with Crippen molar-refractivity contribution in [2.75, 3.05) is 26.2 Å². The van der Waals surface area contributed by atoms with E-state index in [0.717, 1.165) is 36.3 Å². The second-order valence-electron chi connectivity index (χ2n) is 8.40. The van der Waals surface area contributed by atoms with Gasteiger partial charge in [0, 0.05) is 18.0 Å². The molecule has 4 heteroatoms. The molecule has 2 atom stereocenters. The first-order valence-corrected chi connectivity index (χ1v) is 10.2. The zero-order valence-corrected chi connectivity index (χ0v) is 16.8. The molecule has 148 valence electrons. The molecule has 3 rings (SSSR count). The second-order valence-corrected chi connectivity index (χ2v) is 8.40. The van der Waals surface area contributed by atoms with Gasteiger partial charge in [-0.25, -0.2) is 0 Å². The van der Waals surface area contributed by atoms with Gasteiger partial charge in [0.15, 0.2) is 0 Å². The molecule has 0 radical (unpaired) electrons. The van der Waals surface area contributed by atoms with Gasteiger partial charge in [0.05, 0.1) is 11.6 Å². The van der Waals surface area contributed by atoms with Gasteiger partial charge in [0.2, 0.25) is 0 Å². The van der Waals surface area contributed by atoms with Gasteiger partial charge in [-0.2, -0.15) is 0 Å². The maximum Gasteiger partial charge on any atom is 0.122 e. The Morgan fingerprint density at radius 2 is 2.11 bits per heavy atom. The Morgan fingerprint density at radius 1 is 1.37 bits per heavy atom. The predicted octanol–water partition coefficient (Wildman–Crippen LogP) is 3.47. The summed E-state index contributed by atoms with van der Waals surface area (Å²) in [5.74, 6) is 0.951. The normalized spacial score (nSPS) is 29.8. The second kappa shape index (κ2) is 8.59. The first-order chi connectivity index (χ1) is 12.9. The monoisotopic (exact) mass is 370 g/mol. The van der Waals surface area contributed by atoms with E-state index in [4.69, 9.17) is 10.5 Å². The van der Waals surface area contributed by atoms with Crippen LogP contribution in [-0.2, 0) is 4.74 Å². The quantitative estimate of drug-likeness (QED) is 0.778. The minimum Gasteiger partial charge on any atom is -0.491 e. The lowest BCUT2D eigenvalue weighted by Crippen LogP contribution is -2.31. The van der Waals surface area contributed by atoms with Crippen LogP contribution >= 0.6 is 0 Å². The van der Waals surface area contributed by atoms with Crippen LogP contribution in [0.5, 0.6) is 0 Å². The molecule has 0 aromatic heterocycles. The smallest absolute Gasteiger partial charge is 0.122 e. The number of rotatable bonds is 5. The van der Waals surface area contributed by atoms with Gasteiger partial charge in [-0.15, -0.1) is 0 Å². The molecule has 1 aliphatic carbocycles. The lowest BCUT2D eigenvalue weighted by atomic mass is 9.78. The van der Waals surface area contributed by atoms with Crippen molar-refractivity contribution >= 4 is 0 Å². The average Bonchev–Trinajstić information content (AvgIpc) is 3.10. The fourth-order valence-electron chi connectivity index (χ4n) is 4.18. The van der Waals surface area contributed by atoms with E-state index < -0.39 is 5.60 Å². The third-order valence-corrected chi connectivity index (χ3v) is 5.85. The summed E-state index contributed by atoms with van der Waals surface area (Å²) in [5, 5.41) is 10.5. The van der Waals surface area contributed by atoms with E-state index in [-0.39, 0.29) is 12.0 Å². The molecule has 0 amide bonds. The lowest BCUT2D eigenvalue weighted by molar-refractivity contribution is 0.0358. The lowest BCUT2D eigenvalue weighted by Gasteiger charge is -2.31. The van der Waals surface area contributed by atoms with Crippen molar-refractivity contribution in [1.82, 2.24) is 4.90 Å². The highest BCUT2D eigenvalue weighted by molar-refractivity contribution is 5.55. The number of likely N-dealkylation sites (tertiary alicyclic amines) is 1. The largest absolute Gasteiger partial charge is 0.491 e. The van der Waals surface area contributed by atoms with Crippen LogP contribution in [0, 0.1) is 5.92 Å². The Bertz CT molecular complexity index is 673. The number of hydrogen-bond donors (Lipinski definition) is 2. The number of aliphatic hydroxyl groups is 1. The number of ether oxygens (including phenoxy) is 1. The molecular formula is C23H34N2O2. The van der Waals surface area contributed by atoms with Gasteiger partial charge in [0.25, 0.3) is 0 Å². The molecule has 2 heterocycles. The Balaban J connectivity index is 1.91. The SMILES string of the molecule is C=C/C=C1/C(=C\CCN2CCCC2)C2=C(C=CC(C(C)(C)O)C2)OCC1N. The highest BCUT2D eigenvalue weighted by Gasteiger charge is 2.33. The first-order valence-electron chi connectivity index (χ1n) is 10.2. The van der Waals surface area contributed by atoms with Crippen LogP contribution in [0.25, 0.3) is 0 Å². The van der Waals surface area contributed by atoms with E-state index in [1.54, 1.807) is 6.08 Å². The summed E-state index contributed by atoms with van der Waals surface area (Å²) in [6.07, 6.45) is 14.6. The third kappa shape index (κ3) is 4.81. The van der Waals surface area contributed by atoms with Crippen LogP contribution in [0.15, 0.2) is 59.4 Å². The molecule has 3 N–H and O–H groups in total. The van der Waals surface area contributed by atoms with E-state index in [2.05, 4.69) is 23.6 Å². The van der Waals surface area contributed by atoms with E-state index >= 15 is 0 Å². The zero-order chi connectivity index (χ0) is 19.4. The summed E-state index contributed by atoms with van der Waals surface area (Å²) in [4.78, 5) is 2.52. The van der Waals surface area contributed by atoms with Crippen LogP contribution in [0.1, 0.15) is 39.5 Å².